The van der Waals surface area contributed by atoms with Crippen LogP contribution in [0.2, 0.25) is 0 Å². The molecular weight excluding hydrogens is 228 g/mol. The third kappa shape index (κ3) is 2.15. The first-order valence-corrected chi connectivity index (χ1v) is 6.79. The molecule has 18 heavy (non-hydrogen) atoms. The molecule has 4 heteroatoms. The van der Waals surface area contributed by atoms with Crippen molar-refractivity contribution in [3.63, 3.8) is 0 Å². The molecule has 98 valence electrons. The van der Waals surface area contributed by atoms with E-state index in [-0.39, 0.29) is 11.5 Å². The summed E-state index contributed by atoms with van der Waals surface area (Å²) in [6.45, 7) is 2.71. The van der Waals surface area contributed by atoms with Gasteiger partial charge < -0.3 is 9.84 Å². The highest BCUT2D eigenvalue weighted by molar-refractivity contribution is 5.05. The maximum absolute atomic E-state index is 10.4. The van der Waals surface area contributed by atoms with Crippen molar-refractivity contribution in [2.45, 2.75) is 50.7 Å². The van der Waals surface area contributed by atoms with Crippen LogP contribution in [0.25, 0.3) is 0 Å². The lowest BCUT2D eigenvalue weighted by Gasteiger charge is -2.47. The van der Waals surface area contributed by atoms with Crippen LogP contribution < -0.4 is 0 Å². The molecule has 1 N–H and O–H groups in total. The molecule has 1 spiro atoms. The number of hydrogen-bond donors (Lipinski definition) is 1. The molecule has 0 amide bonds. The fourth-order valence-electron chi connectivity index (χ4n) is 3.02. The first-order chi connectivity index (χ1) is 8.69. The highest BCUT2D eigenvalue weighted by Gasteiger charge is 2.44. The van der Waals surface area contributed by atoms with Crippen LogP contribution in [0, 0.1) is 12.8 Å². The third-order valence-electron chi connectivity index (χ3n) is 4.31. The second-order valence-corrected chi connectivity index (χ2v) is 5.70. The summed E-state index contributed by atoms with van der Waals surface area (Å²) in [5.74, 6) is 0.795. The van der Waals surface area contributed by atoms with Gasteiger partial charge >= 0.3 is 0 Å². The topological polar surface area (TPSA) is 55.2 Å². The van der Waals surface area contributed by atoms with Crippen molar-refractivity contribution in [2.24, 2.45) is 5.92 Å². The number of aromatic nitrogens is 2. The molecule has 0 radical (unpaired) electrons. The second kappa shape index (κ2) is 4.59. The van der Waals surface area contributed by atoms with Gasteiger partial charge in [-0.25, -0.2) is 9.97 Å². The van der Waals surface area contributed by atoms with Gasteiger partial charge in [0, 0.05) is 19.0 Å². The minimum absolute atomic E-state index is 0.0641. The van der Waals surface area contributed by atoms with Crippen molar-refractivity contribution in [1.82, 2.24) is 9.97 Å². The first-order valence-electron chi connectivity index (χ1n) is 6.79. The predicted octanol–water partition coefficient (Wildman–Crippen LogP) is 2.17. The molecule has 2 atom stereocenters. The SMILES string of the molecule is Cc1cnc(C(O)C2CCOC3(CCC3)C2)nc1. The van der Waals surface area contributed by atoms with E-state index in [1.54, 1.807) is 12.4 Å². The van der Waals surface area contributed by atoms with E-state index in [0.29, 0.717) is 5.82 Å². The van der Waals surface area contributed by atoms with E-state index in [4.69, 9.17) is 4.74 Å². The van der Waals surface area contributed by atoms with Gasteiger partial charge in [0.15, 0.2) is 5.82 Å². The van der Waals surface area contributed by atoms with Crippen LogP contribution in [0.4, 0.5) is 0 Å². The first kappa shape index (κ1) is 12.1. The van der Waals surface area contributed by atoms with Gasteiger partial charge in [0.2, 0.25) is 0 Å². The minimum Gasteiger partial charge on any atom is -0.385 e. The van der Waals surface area contributed by atoms with Gasteiger partial charge in [-0.1, -0.05) is 0 Å². The Hall–Kier alpha value is -1.00. The predicted molar refractivity (Wildman–Crippen MR) is 67.0 cm³/mol. The average molecular weight is 248 g/mol. The Labute approximate surface area is 107 Å². The van der Waals surface area contributed by atoms with Gasteiger partial charge in [0.25, 0.3) is 0 Å². The van der Waals surface area contributed by atoms with E-state index in [1.807, 2.05) is 6.92 Å². The number of rotatable bonds is 2. The average Bonchev–Trinajstić information content (AvgIpc) is 2.37. The number of nitrogens with zero attached hydrogens (tertiary/aromatic N) is 2. The maximum atomic E-state index is 10.4. The molecule has 0 aromatic carbocycles. The van der Waals surface area contributed by atoms with E-state index >= 15 is 0 Å². The van der Waals surface area contributed by atoms with Gasteiger partial charge in [0.1, 0.15) is 6.10 Å². The van der Waals surface area contributed by atoms with Crippen LogP contribution in [0.5, 0.6) is 0 Å². The van der Waals surface area contributed by atoms with E-state index in [2.05, 4.69) is 9.97 Å². The van der Waals surface area contributed by atoms with Gasteiger partial charge in [-0.3, -0.25) is 0 Å². The van der Waals surface area contributed by atoms with E-state index in [9.17, 15) is 5.11 Å². The number of aliphatic hydroxyl groups is 1. The van der Waals surface area contributed by atoms with E-state index in [1.165, 1.54) is 6.42 Å². The van der Waals surface area contributed by atoms with Crippen molar-refractivity contribution >= 4 is 0 Å². The van der Waals surface area contributed by atoms with Gasteiger partial charge in [0.05, 0.1) is 5.60 Å². The van der Waals surface area contributed by atoms with E-state index < -0.39 is 6.10 Å². The molecule has 1 aliphatic carbocycles. The largest absolute Gasteiger partial charge is 0.385 e. The van der Waals surface area contributed by atoms with Gasteiger partial charge in [-0.15, -0.1) is 0 Å². The minimum atomic E-state index is -0.549. The van der Waals surface area contributed by atoms with Crippen molar-refractivity contribution < 1.29 is 9.84 Å². The Morgan fingerprint density at radius 1 is 1.39 bits per heavy atom. The summed E-state index contributed by atoms with van der Waals surface area (Å²) in [6.07, 6.45) is 8.38. The van der Waals surface area contributed by atoms with Gasteiger partial charge in [-0.05, 0) is 50.5 Å². The monoisotopic (exact) mass is 248 g/mol. The van der Waals surface area contributed by atoms with Crippen molar-refractivity contribution in [3.8, 4) is 0 Å². The number of aliphatic hydroxyl groups excluding tert-OH is 1. The fraction of sp³-hybridized carbons (Fsp3) is 0.714. The van der Waals surface area contributed by atoms with Crippen molar-refractivity contribution in [3.05, 3.63) is 23.8 Å². The molecule has 1 aliphatic heterocycles. The summed E-state index contributed by atoms with van der Waals surface area (Å²) in [7, 11) is 0. The Morgan fingerprint density at radius 2 is 2.11 bits per heavy atom. The van der Waals surface area contributed by atoms with E-state index in [0.717, 1.165) is 37.9 Å². The molecule has 2 aliphatic rings. The summed E-state index contributed by atoms with van der Waals surface area (Å²) in [5, 5.41) is 10.4. The molecule has 2 fully saturated rings. The molecule has 0 bridgehead atoms. The van der Waals surface area contributed by atoms with Crippen LogP contribution in [0.1, 0.15) is 49.6 Å². The zero-order valence-corrected chi connectivity index (χ0v) is 10.8. The molecule has 3 rings (SSSR count). The van der Waals surface area contributed by atoms with Crippen LogP contribution in [-0.4, -0.2) is 27.3 Å². The lowest BCUT2D eigenvalue weighted by atomic mass is 9.71. The zero-order valence-electron chi connectivity index (χ0n) is 10.8. The summed E-state index contributed by atoms with van der Waals surface area (Å²) < 4.78 is 5.88. The molecule has 2 unspecified atom stereocenters. The highest BCUT2D eigenvalue weighted by atomic mass is 16.5. The van der Waals surface area contributed by atoms with Crippen LogP contribution in [0.15, 0.2) is 12.4 Å². The lowest BCUT2D eigenvalue weighted by molar-refractivity contribution is -0.158. The number of hydrogen-bond acceptors (Lipinski definition) is 4. The Bertz CT molecular complexity index is 414. The Kier molecular flexibility index (Phi) is 3.08. The third-order valence-corrected chi connectivity index (χ3v) is 4.31. The molecule has 1 aromatic rings. The highest BCUT2D eigenvalue weighted by Crippen LogP contribution is 2.46. The molecule has 1 saturated heterocycles. The van der Waals surface area contributed by atoms with Crippen LogP contribution >= 0.6 is 0 Å². The summed E-state index contributed by atoms with van der Waals surface area (Å²) in [6, 6.07) is 0. The molecule has 4 nitrogen and oxygen atoms in total. The zero-order chi connectivity index (χ0) is 12.6. The van der Waals surface area contributed by atoms with Crippen molar-refractivity contribution in [1.29, 1.82) is 0 Å². The normalized spacial score (nSPS) is 27.8. The fourth-order valence-corrected chi connectivity index (χ4v) is 3.02. The lowest BCUT2D eigenvalue weighted by Crippen LogP contribution is -2.46. The Balaban J connectivity index is 1.71. The standard InChI is InChI=1S/C14H20N2O2/c1-10-8-15-13(16-9-10)12(17)11-3-6-18-14(7-11)4-2-5-14/h8-9,11-12,17H,2-7H2,1H3. The smallest absolute Gasteiger partial charge is 0.157 e. The number of aryl methyl sites for hydroxylation is 1. The molecular formula is C14H20N2O2. The summed E-state index contributed by atoms with van der Waals surface area (Å²) >= 11 is 0. The number of ether oxygens (including phenoxy) is 1. The van der Waals surface area contributed by atoms with Crippen molar-refractivity contribution in [2.75, 3.05) is 6.61 Å². The summed E-state index contributed by atoms with van der Waals surface area (Å²) in [5.41, 5.74) is 1.09. The maximum Gasteiger partial charge on any atom is 0.157 e. The second-order valence-electron chi connectivity index (χ2n) is 5.70. The quantitative estimate of drug-likeness (QED) is 0.871. The van der Waals surface area contributed by atoms with Crippen LogP contribution in [0.3, 0.4) is 0 Å². The van der Waals surface area contributed by atoms with Crippen LogP contribution in [-0.2, 0) is 4.74 Å². The molecule has 1 aromatic heterocycles. The van der Waals surface area contributed by atoms with Gasteiger partial charge in [-0.2, -0.15) is 0 Å². The summed E-state index contributed by atoms with van der Waals surface area (Å²) in [4.78, 5) is 8.49. The molecule has 1 saturated carbocycles. The molecule has 2 heterocycles. The Morgan fingerprint density at radius 3 is 2.72 bits per heavy atom.